The molecule has 0 aromatic heterocycles. The van der Waals surface area contributed by atoms with E-state index in [0.29, 0.717) is 16.9 Å². The smallest absolute Gasteiger partial charge is 0.373 e. The maximum atomic E-state index is 11.7. The van der Waals surface area contributed by atoms with Gasteiger partial charge in [0, 0.05) is 5.56 Å². The van der Waals surface area contributed by atoms with E-state index in [2.05, 4.69) is 4.89 Å². The van der Waals surface area contributed by atoms with Crippen molar-refractivity contribution in [1.29, 1.82) is 0 Å². The Hall–Kier alpha value is -2.41. The molecule has 0 saturated carbocycles. The van der Waals surface area contributed by atoms with Crippen LogP contribution in [-0.2, 0) is 9.78 Å². The maximum Gasteiger partial charge on any atom is 0.373 e. The van der Waals surface area contributed by atoms with Crippen molar-refractivity contribution in [3.63, 3.8) is 0 Å². The Morgan fingerprint density at radius 2 is 1.70 bits per heavy atom. The summed E-state index contributed by atoms with van der Waals surface area (Å²) in [7, 11) is 1.47. The van der Waals surface area contributed by atoms with Gasteiger partial charge < -0.3 is 14.9 Å². The summed E-state index contributed by atoms with van der Waals surface area (Å²) in [6.07, 6.45) is -2.52. The molecule has 6 heteroatoms. The first-order chi connectivity index (χ1) is 11.1. The summed E-state index contributed by atoms with van der Waals surface area (Å²) in [6, 6.07) is 15.1. The largest absolute Gasteiger partial charge is 0.496 e. The zero-order valence-electron chi connectivity index (χ0n) is 12.6. The van der Waals surface area contributed by atoms with Crippen molar-refractivity contribution < 1.29 is 29.5 Å². The highest BCUT2D eigenvalue weighted by Crippen LogP contribution is 2.27. The molecule has 2 aromatic rings. The van der Waals surface area contributed by atoms with Crippen molar-refractivity contribution in [2.24, 2.45) is 0 Å². The minimum Gasteiger partial charge on any atom is -0.496 e. The third-order valence-electron chi connectivity index (χ3n) is 3.20. The van der Waals surface area contributed by atoms with Crippen molar-refractivity contribution >= 4 is 5.97 Å². The first-order valence-corrected chi connectivity index (χ1v) is 7.01. The van der Waals surface area contributed by atoms with Gasteiger partial charge in [-0.2, -0.15) is 4.89 Å². The Morgan fingerprint density at radius 1 is 1.04 bits per heavy atom. The van der Waals surface area contributed by atoms with Gasteiger partial charge >= 0.3 is 5.97 Å². The summed E-state index contributed by atoms with van der Waals surface area (Å²) < 4.78 is 5.12. The van der Waals surface area contributed by atoms with Gasteiger partial charge in [0.25, 0.3) is 0 Å². The lowest BCUT2D eigenvalue weighted by molar-refractivity contribution is -0.260. The topological polar surface area (TPSA) is 85.2 Å². The van der Waals surface area contributed by atoms with Gasteiger partial charge in [0.15, 0.2) is 0 Å². The average Bonchev–Trinajstić information content (AvgIpc) is 2.61. The molecule has 0 bridgehead atoms. The molecular weight excluding hydrogens is 300 g/mol. The van der Waals surface area contributed by atoms with E-state index < -0.39 is 18.2 Å². The van der Waals surface area contributed by atoms with E-state index in [4.69, 9.17) is 9.62 Å². The van der Waals surface area contributed by atoms with Gasteiger partial charge in [0.2, 0.25) is 0 Å². The standard InChI is InChI=1S/C17H18O6/c1-21-15-10-6-5-9-13(15)16(19)14(18)11-22-23-17(20)12-7-3-2-4-8-12/h2-10,14,16,18-19H,11H2,1H3. The van der Waals surface area contributed by atoms with Crippen LogP contribution >= 0.6 is 0 Å². The summed E-state index contributed by atoms with van der Waals surface area (Å²) >= 11 is 0. The van der Waals surface area contributed by atoms with E-state index in [9.17, 15) is 15.0 Å². The lowest BCUT2D eigenvalue weighted by Gasteiger charge is -2.19. The maximum absolute atomic E-state index is 11.7. The normalized spacial score (nSPS) is 13.2. The molecule has 0 heterocycles. The van der Waals surface area contributed by atoms with E-state index in [1.807, 2.05) is 0 Å². The second-order valence-electron chi connectivity index (χ2n) is 4.78. The zero-order chi connectivity index (χ0) is 16.7. The average molecular weight is 318 g/mol. The van der Waals surface area contributed by atoms with Crippen molar-refractivity contribution in [1.82, 2.24) is 0 Å². The molecule has 6 nitrogen and oxygen atoms in total. The molecule has 2 atom stereocenters. The first kappa shape index (κ1) is 17.0. The molecule has 23 heavy (non-hydrogen) atoms. The highest BCUT2D eigenvalue weighted by molar-refractivity contribution is 5.88. The van der Waals surface area contributed by atoms with E-state index in [-0.39, 0.29) is 6.61 Å². The van der Waals surface area contributed by atoms with Crippen LogP contribution in [0.4, 0.5) is 0 Å². The van der Waals surface area contributed by atoms with Crippen LogP contribution in [0.3, 0.4) is 0 Å². The van der Waals surface area contributed by atoms with Gasteiger partial charge in [-0.05, 0) is 18.2 Å². The SMILES string of the molecule is COc1ccccc1C(O)C(O)COOC(=O)c1ccccc1. The summed E-state index contributed by atoms with van der Waals surface area (Å²) in [5.41, 5.74) is 0.743. The second kappa shape index (κ2) is 8.28. The summed E-state index contributed by atoms with van der Waals surface area (Å²) in [5, 5.41) is 20.1. The number of hydrogen-bond acceptors (Lipinski definition) is 6. The van der Waals surface area contributed by atoms with Crippen molar-refractivity contribution in [2.75, 3.05) is 13.7 Å². The fourth-order valence-corrected chi connectivity index (χ4v) is 1.99. The van der Waals surface area contributed by atoms with Gasteiger partial charge in [-0.1, -0.05) is 36.4 Å². The lowest BCUT2D eigenvalue weighted by Crippen LogP contribution is -2.25. The molecule has 2 N–H and O–H groups in total. The molecule has 0 spiro atoms. The second-order valence-corrected chi connectivity index (χ2v) is 4.78. The number of para-hydroxylation sites is 1. The number of aliphatic hydroxyl groups excluding tert-OH is 2. The van der Waals surface area contributed by atoms with Crippen LogP contribution in [0.1, 0.15) is 22.0 Å². The van der Waals surface area contributed by atoms with Crippen LogP contribution in [0.2, 0.25) is 0 Å². The lowest BCUT2D eigenvalue weighted by atomic mass is 10.0. The number of carbonyl (C=O) groups excluding carboxylic acids is 1. The fourth-order valence-electron chi connectivity index (χ4n) is 1.99. The molecule has 0 radical (unpaired) electrons. The Labute approximate surface area is 133 Å². The van der Waals surface area contributed by atoms with Crippen LogP contribution in [0, 0.1) is 0 Å². The number of ether oxygens (including phenoxy) is 1. The molecule has 0 amide bonds. The zero-order valence-corrected chi connectivity index (χ0v) is 12.6. The van der Waals surface area contributed by atoms with Gasteiger partial charge in [0.05, 0.1) is 12.7 Å². The third kappa shape index (κ3) is 4.53. The first-order valence-electron chi connectivity index (χ1n) is 7.01. The van der Waals surface area contributed by atoms with E-state index in [0.717, 1.165) is 0 Å². The minimum absolute atomic E-state index is 0.326. The van der Waals surface area contributed by atoms with Gasteiger partial charge in [-0.15, -0.1) is 0 Å². The van der Waals surface area contributed by atoms with E-state index in [1.165, 1.54) is 7.11 Å². The summed E-state index contributed by atoms with van der Waals surface area (Å²) in [6.45, 7) is -0.377. The molecule has 0 aliphatic heterocycles. The number of aliphatic hydroxyl groups is 2. The van der Waals surface area contributed by atoms with Crippen molar-refractivity contribution in [2.45, 2.75) is 12.2 Å². The van der Waals surface area contributed by atoms with Gasteiger partial charge in [-0.3, -0.25) is 4.89 Å². The number of benzene rings is 2. The number of hydrogen-bond donors (Lipinski definition) is 2. The number of methoxy groups -OCH3 is 1. The molecule has 2 aromatic carbocycles. The molecular formula is C17H18O6. The third-order valence-corrected chi connectivity index (χ3v) is 3.20. The fraction of sp³-hybridized carbons (Fsp3) is 0.235. The highest BCUT2D eigenvalue weighted by atomic mass is 17.2. The highest BCUT2D eigenvalue weighted by Gasteiger charge is 2.22. The molecule has 0 fully saturated rings. The quantitative estimate of drug-likeness (QED) is 0.599. The molecule has 0 saturated heterocycles. The number of carbonyl (C=O) groups is 1. The van der Waals surface area contributed by atoms with Crippen molar-refractivity contribution in [3.05, 3.63) is 65.7 Å². The summed E-state index contributed by atoms with van der Waals surface area (Å²) in [5.74, 6) is -0.232. The van der Waals surface area contributed by atoms with Gasteiger partial charge in [-0.25, -0.2) is 4.79 Å². The Balaban J connectivity index is 1.87. The summed E-state index contributed by atoms with van der Waals surface area (Å²) in [4.78, 5) is 21.0. The van der Waals surface area contributed by atoms with Crippen LogP contribution in [0.5, 0.6) is 5.75 Å². The molecule has 2 unspecified atom stereocenters. The molecule has 122 valence electrons. The Bertz CT molecular complexity index is 628. The monoisotopic (exact) mass is 318 g/mol. The van der Waals surface area contributed by atoms with Crippen LogP contribution in [-0.4, -0.2) is 36.0 Å². The van der Waals surface area contributed by atoms with Crippen LogP contribution in [0.15, 0.2) is 54.6 Å². The predicted octanol–water partition coefficient (Wildman–Crippen LogP) is 1.88. The van der Waals surface area contributed by atoms with Crippen molar-refractivity contribution in [3.8, 4) is 5.75 Å². The number of rotatable bonds is 7. The molecule has 0 aliphatic carbocycles. The minimum atomic E-state index is -1.28. The van der Waals surface area contributed by atoms with Crippen LogP contribution in [0.25, 0.3) is 0 Å². The van der Waals surface area contributed by atoms with Crippen LogP contribution < -0.4 is 4.74 Å². The van der Waals surface area contributed by atoms with Gasteiger partial charge in [0.1, 0.15) is 24.6 Å². The Kier molecular flexibility index (Phi) is 6.10. The molecule has 2 rings (SSSR count). The van der Waals surface area contributed by atoms with E-state index in [1.54, 1.807) is 54.6 Å². The van der Waals surface area contributed by atoms with E-state index >= 15 is 0 Å². The predicted molar refractivity (Wildman–Crippen MR) is 81.8 cm³/mol. The molecule has 0 aliphatic rings. The Morgan fingerprint density at radius 3 is 2.39 bits per heavy atom.